The van der Waals surface area contributed by atoms with Gasteiger partial charge in [0.1, 0.15) is 0 Å². The number of nitrogens with zero attached hydrogens (tertiary/aromatic N) is 2. The Balaban J connectivity index is 2.66. The summed E-state index contributed by atoms with van der Waals surface area (Å²) in [5, 5.41) is 3.37. The summed E-state index contributed by atoms with van der Waals surface area (Å²) in [7, 11) is 4.01. The average Bonchev–Trinajstić information content (AvgIpc) is 2.32. The Kier molecular flexibility index (Phi) is 5.22. The molecular formula is C12H25N3O. The fourth-order valence-electron chi connectivity index (χ4n) is 2.16. The van der Waals surface area contributed by atoms with E-state index in [0.29, 0.717) is 5.92 Å². The Morgan fingerprint density at radius 2 is 2.19 bits per heavy atom. The van der Waals surface area contributed by atoms with E-state index in [9.17, 15) is 4.79 Å². The van der Waals surface area contributed by atoms with Crippen LogP contribution in [0.2, 0.25) is 0 Å². The SMILES string of the molecule is CCCN1CC(C)CNC(CN(C)C)C1=O. The second-order valence-electron chi connectivity index (χ2n) is 5.11. The highest BCUT2D eigenvalue weighted by molar-refractivity contribution is 5.82. The fourth-order valence-corrected chi connectivity index (χ4v) is 2.16. The molecule has 1 amide bonds. The maximum Gasteiger partial charge on any atom is 0.241 e. The third-order valence-corrected chi connectivity index (χ3v) is 2.90. The van der Waals surface area contributed by atoms with Crippen LogP contribution in [0.4, 0.5) is 0 Å². The van der Waals surface area contributed by atoms with E-state index in [1.165, 1.54) is 0 Å². The van der Waals surface area contributed by atoms with Crippen molar-refractivity contribution in [3.05, 3.63) is 0 Å². The maximum absolute atomic E-state index is 12.3. The van der Waals surface area contributed by atoms with Gasteiger partial charge in [-0.3, -0.25) is 4.79 Å². The first kappa shape index (κ1) is 13.5. The van der Waals surface area contributed by atoms with E-state index >= 15 is 0 Å². The van der Waals surface area contributed by atoms with Crippen LogP contribution >= 0.6 is 0 Å². The van der Waals surface area contributed by atoms with Gasteiger partial charge >= 0.3 is 0 Å². The minimum Gasteiger partial charge on any atom is -0.341 e. The van der Waals surface area contributed by atoms with Crippen LogP contribution in [0, 0.1) is 5.92 Å². The number of carbonyl (C=O) groups is 1. The van der Waals surface area contributed by atoms with Crippen LogP contribution in [-0.4, -0.2) is 62.0 Å². The Labute approximate surface area is 99.0 Å². The lowest BCUT2D eigenvalue weighted by molar-refractivity contribution is -0.133. The van der Waals surface area contributed by atoms with Crippen LogP contribution in [0.1, 0.15) is 20.3 Å². The zero-order valence-electron chi connectivity index (χ0n) is 11.0. The third-order valence-electron chi connectivity index (χ3n) is 2.90. The second kappa shape index (κ2) is 6.21. The van der Waals surface area contributed by atoms with E-state index < -0.39 is 0 Å². The molecule has 94 valence electrons. The number of carbonyl (C=O) groups excluding carboxylic acids is 1. The van der Waals surface area contributed by atoms with Gasteiger partial charge in [0, 0.05) is 26.2 Å². The molecule has 1 aliphatic rings. The lowest BCUT2D eigenvalue weighted by atomic mass is 10.2. The minimum atomic E-state index is -0.0356. The molecule has 0 saturated carbocycles. The van der Waals surface area contributed by atoms with Gasteiger partial charge in [-0.2, -0.15) is 0 Å². The van der Waals surface area contributed by atoms with Crippen LogP contribution in [0.5, 0.6) is 0 Å². The summed E-state index contributed by atoms with van der Waals surface area (Å²) in [5.41, 5.74) is 0. The molecule has 2 atom stereocenters. The number of hydrogen-bond acceptors (Lipinski definition) is 3. The zero-order valence-corrected chi connectivity index (χ0v) is 11.0. The second-order valence-corrected chi connectivity index (χ2v) is 5.11. The van der Waals surface area contributed by atoms with Crippen molar-refractivity contribution in [2.75, 3.05) is 40.3 Å². The van der Waals surface area contributed by atoms with E-state index in [4.69, 9.17) is 0 Å². The molecular weight excluding hydrogens is 202 g/mol. The van der Waals surface area contributed by atoms with Gasteiger partial charge in [-0.1, -0.05) is 13.8 Å². The first-order valence-electron chi connectivity index (χ1n) is 6.21. The summed E-state index contributed by atoms with van der Waals surface area (Å²) in [5.74, 6) is 0.808. The molecule has 1 aliphatic heterocycles. The van der Waals surface area contributed by atoms with Gasteiger partial charge in [-0.05, 0) is 26.4 Å². The van der Waals surface area contributed by atoms with E-state index in [2.05, 4.69) is 24.1 Å². The summed E-state index contributed by atoms with van der Waals surface area (Å²) < 4.78 is 0. The molecule has 1 rings (SSSR count). The standard InChI is InChI=1S/C12H25N3O/c1-5-6-15-8-10(2)7-13-11(12(15)16)9-14(3)4/h10-11,13H,5-9H2,1-4H3. The molecule has 0 aromatic heterocycles. The molecule has 0 aromatic rings. The predicted molar refractivity (Wildman–Crippen MR) is 66.4 cm³/mol. The fraction of sp³-hybridized carbons (Fsp3) is 0.917. The molecule has 4 nitrogen and oxygen atoms in total. The van der Waals surface area contributed by atoms with Crippen LogP contribution < -0.4 is 5.32 Å². The van der Waals surface area contributed by atoms with Crippen molar-refractivity contribution < 1.29 is 4.79 Å². The van der Waals surface area contributed by atoms with Crippen molar-refractivity contribution in [3.8, 4) is 0 Å². The molecule has 0 spiro atoms. The van der Waals surface area contributed by atoms with Crippen molar-refractivity contribution in [2.24, 2.45) is 5.92 Å². The highest BCUT2D eigenvalue weighted by Gasteiger charge is 2.28. The molecule has 1 fully saturated rings. The van der Waals surface area contributed by atoms with Gasteiger partial charge in [-0.15, -0.1) is 0 Å². The molecule has 0 bridgehead atoms. The van der Waals surface area contributed by atoms with Crippen LogP contribution in [0.15, 0.2) is 0 Å². The highest BCUT2D eigenvalue weighted by atomic mass is 16.2. The Hall–Kier alpha value is -0.610. The maximum atomic E-state index is 12.3. The van der Waals surface area contributed by atoms with E-state index in [1.54, 1.807) is 0 Å². The Morgan fingerprint density at radius 3 is 2.75 bits per heavy atom. The van der Waals surface area contributed by atoms with Crippen molar-refractivity contribution in [3.63, 3.8) is 0 Å². The summed E-state index contributed by atoms with van der Waals surface area (Å²) in [6.45, 7) is 7.81. The first-order chi connectivity index (χ1) is 7.54. The Bertz CT molecular complexity index is 230. The molecule has 4 heteroatoms. The van der Waals surface area contributed by atoms with Gasteiger partial charge in [0.15, 0.2) is 0 Å². The molecule has 0 aliphatic carbocycles. The minimum absolute atomic E-state index is 0.0356. The third kappa shape index (κ3) is 3.76. The lowest BCUT2D eigenvalue weighted by Crippen LogP contribution is -2.48. The number of rotatable bonds is 4. The van der Waals surface area contributed by atoms with E-state index in [0.717, 1.165) is 32.6 Å². The number of amides is 1. The molecule has 1 saturated heterocycles. The van der Waals surface area contributed by atoms with E-state index in [1.807, 2.05) is 19.0 Å². The van der Waals surface area contributed by atoms with Crippen molar-refractivity contribution in [2.45, 2.75) is 26.3 Å². The smallest absolute Gasteiger partial charge is 0.241 e. The quantitative estimate of drug-likeness (QED) is 0.755. The van der Waals surface area contributed by atoms with Gasteiger partial charge in [0.25, 0.3) is 0 Å². The largest absolute Gasteiger partial charge is 0.341 e. The van der Waals surface area contributed by atoms with Crippen molar-refractivity contribution in [1.82, 2.24) is 15.1 Å². The number of nitrogens with one attached hydrogen (secondary N) is 1. The summed E-state index contributed by atoms with van der Waals surface area (Å²) in [6.07, 6.45) is 1.03. The molecule has 1 heterocycles. The molecule has 1 N–H and O–H groups in total. The van der Waals surface area contributed by atoms with E-state index in [-0.39, 0.29) is 11.9 Å². The highest BCUT2D eigenvalue weighted by Crippen LogP contribution is 2.08. The van der Waals surface area contributed by atoms with Gasteiger partial charge in [-0.25, -0.2) is 0 Å². The number of likely N-dealkylation sites (N-methyl/N-ethyl adjacent to an activating group) is 1. The predicted octanol–water partition coefficient (Wildman–Crippen LogP) is 0.395. The van der Waals surface area contributed by atoms with Crippen LogP contribution in [0.25, 0.3) is 0 Å². The van der Waals surface area contributed by atoms with Gasteiger partial charge in [0.05, 0.1) is 6.04 Å². The topological polar surface area (TPSA) is 35.6 Å². The molecule has 0 aromatic carbocycles. The molecule has 0 radical (unpaired) electrons. The normalized spacial score (nSPS) is 27.3. The van der Waals surface area contributed by atoms with Gasteiger partial charge in [0.2, 0.25) is 5.91 Å². The lowest BCUT2D eigenvalue weighted by Gasteiger charge is -2.26. The van der Waals surface area contributed by atoms with Crippen molar-refractivity contribution >= 4 is 5.91 Å². The summed E-state index contributed by atoms with van der Waals surface area (Å²) in [4.78, 5) is 16.3. The van der Waals surface area contributed by atoms with Crippen molar-refractivity contribution in [1.29, 1.82) is 0 Å². The molecule has 16 heavy (non-hydrogen) atoms. The van der Waals surface area contributed by atoms with Gasteiger partial charge < -0.3 is 15.1 Å². The summed E-state index contributed by atoms with van der Waals surface area (Å²) in [6, 6.07) is -0.0356. The summed E-state index contributed by atoms with van der Waals surface area (Å²) >= 11 is 0. The first-order valence-corrected chi connectivity index (χ1v) is 6.21. The van der Waals surface area contributed by atoms with Crippen LogP contribution in [-0.2, 0) is 4.79 Å². The van der Waals surface area contributed by atoms with Crippen LogP contribution in [0.3, 0.4) is 0 Å². The molecule has 2 unspecified atom stereocenters. The monoisotopic (exact) mass is 227 g/mol. The number of hydrogen-bond donors (Lipinski definition) is 1. The average molecular weight is 227 g/mol. The zero-order chi connectivity index (χ0) is 12.1. The Morgan fingerprint density at radius 1 is 1.50 bits per heavy atom.